The summed E-state index contributed by atoms with van der Waals surface area (Å²) in [7, 11) is -3.05. The van der Waals surface area contributed by atoms with Crippen molar-refractivity contribution in [1.29, 1.82) is 0 Å². The molecule has 136 valence electrons. The molecule has 1 aromatic carbocycles. The number of carbonyl (C=O) groups is 1. The Bertz CT molecular complexity index is 946. The molecule has 2 aliphatic heterocycles. The first-order valence-electron chi connectivity index (χ1n) is 8.00. The number of sulfone groups is 1. The number of fused-ring (bicyclic) bond motifs is 1. The Morgan fingerprint density at radius 3 is 2.69 bits per heavy atom. The highest BCUT2D eigenvalue weighted by atomic mass is 32.2. The van der Waals surface area contributed by atoms with Gasteiger partial charge in [0.25, 0.3) is 5.91 Å². The Morgan fingerprint density at radius 2 is 1.96 bits per heavy atom. The molecule has 1 aromatic heterocycles. The van der Waals surface area contributed by atoms with Crippen molar-refractivity contribution in [2.75, 3.05) is 23.6 Å². The second-order valence-corrected chi connectivity index (χ2v) is 8.30. The van der Waals surface area contributed by atoms with Gasteiger partial charge in [-0.05, 0) is 30.7 Å². The molecule has 3 heterocycles. The maximum Gasteiger partial charge on any atom is 0.272 e. The van der Waals surface area contributed by atoms with Crippen LogP contribution in [0.25, 0.3) is 0 Å². The molecule has 0 radical (unpaired) electrons. The van der Waals surface area contributed by atoms with E-state index in [1.54, 1.807) is 18.2 Å². The summed E-state index contributed by atoms with van der Waals surface area (Å²) in [5.41, 5.74) is 0.877. The summed E-state index contributed by atoms with van der Waals surface area (Å²) in [6.07, 6.45) is 0.422. The van der Waals surface area contributed by atoms with Crippen LogP contribution >= 0.6 is 0 Å². The summed E-state index contributed by atoms with van der Waals surface area (Å²) in [6, 6.07) is 8.16. The molecule has 0 spiro atoms. The molecule has 0 aliphatic carbocycles. The first-order chi connectivity index (χ1) is 12.5. The van der Waals surface area contributed by atoms with Crippen LogP contribution in [0.15, 0.2) is 30.3 Å². The van der Waals surface area contributed by atoms with Gasteiger partial charge in [-0.2, -0.15) is 0 Å². The first kappa shape index (κ1) is 16.6. The predicted molar refractivity (Wildman–Crippen MR) is 92.4 cm³/mol. The van der Waals surface area contributed by atoms with Crippen LogP contribution in [-0.2, 0) is 9.84 Å². The fraction of sp³-hybridized carbons (Fsp3) is 0.312. The zero-order chi connectivity index (χ0) is 18.1. The van der Waals surface area contributed by atoms with Crippen molar-refractivity contribution in [2.45, 2.75) is 12.5 Å². The van der Waals surface area contributed by atoms with Crippen LogP contribution in [0.5, 0.6) is 11.5 Å². The topological polar surface area (TPSA) is 120 Å². The molecule has 2 aliphatic rings. The fourth-order valence-electron chi connectivity index (χ4n) is 2.81. The third kappa shape index (κ3) is 3.54. The predicted octanol–water partition coefficient (Wildman–Crippen LogP) is 0.866. The van der Waals surface area contributed by atoms with Gasteiger partial charge in [0.15, 0.2) is 32.8 Å². The number of hydrogen-bond acceptors (Lipinski definition) is 8. The van der Waals surface area contributed by atoms with Crippen molar-refractivity contribution in [2.24, 2.45) is 0 Å². The molecule has 26 heavy (non-hydrogen) atoms. The fourth-order valence-corrected chi connectivity index (χ4v) is 4.48. The standard InChI is InChI=1S/C16H16N4O5S/c21-16(18-11-5-6-26(22,23)8-11)12-2-4-15(20-19-12)17-10-1-3-13-14(7-10)25-9-24-13/h1-4,7,11H,5-6,8-9H2,(H,17,20)(H,18,21). The SMILES string of the molecule is O=C(NC1CCS(=O)(=O)C1)c1ccc(Nc2ccc3c(c2)OCO3)nn1. The molecular formula is C16H16N4O5S. The number of hydrogen-bond donors (Lipinski definition) is 2. The van der Waals surface area contributed by atoms with Crippen molar-refractivity contribution >= 4 is 27.2 Å². The minimum absolute atomic E-state index is 0.0318. The molecule has 1 unspecified atom stereocenters. The van der Waals surface area contributed by atoms with E-state index in [0.29, 0.717) is 23.7 Å². The van der Waals surface area contributed by atoms with E-state index >= 15 is 0 Å². The summed E-state index contributed by atoms with van der Waals surface area (Å²) in [4.78, 5) is 12.1. The lowest BCUT2D eigenvalue weighted by molar-refractivity contribution is 0.0935. The summed E-state index contributed by atoms with van der Waals surface area (Å²) in [5.74, 6) is 1.42. The van der Waals surface area contributed by atoms with E-state index in [9.17, 15) is 13.2 Å². The van der Waals surface area contributed by atoms with Crippen LogP contribution in [0.4, 0.5) is 11.5 Å². The second-order valence-electron chi connectivity index (χ2n) is 6.07. The number of anilines is 2. The smallest absolute Gasteiger partial charge is 0.272 e. The minimum Gasteiger partial charge on any atom is -0.454 e. The lowest BCUT2D eigenvalue weighted by Gasteiger charge is -2.10. The molecule has 2 aromatic rings. The van der Waals surface area contributed by atoms with Gasteiger partial charge in [0, 0.05) is 17.8 Å². The van der Waals surface area contributed by atoms with Gasteiger partial charge in [-0.3, -0.25) is 4.79 Å². The van der Waals surface area contributed by atoms with Gasteiger partial charge in [-0.1, -0.05) is 0 Å². The lowest BCUT2D eigenvalue weighted by Crippen LogP contribution is -2.36. The average Bonchev–Trinajstić information content (AvgIpc) is 3.21. The van der Waals surface area contributed by atoms with Crippen molar-refractivity contribution in [3.8, 4) is 11.5 Å². The number of carbonyl (C=O) groups excluding carboxylic acids is 1. The molecule has 1 atom stereocenters. The maximum absolute atomic E-state index is 12.1. The molecule has 1 saturated heterocycles. The second kappa shape index (κ2) is 6.45. The first-order valence-corrected chi connectivity index (χ1v) is 9.82. The van der Waals surface area contributed by atoms with E-state index < -0.39 is 15.7 Å². The van der Waals surface area contributed by atoms with Gasteiger partial charge < -0.3 is 20.1 Å². The Balaban J connectivity index is 1.39. The molecular weight excluding hydrogens is 360 g/mol. The van der Waals surface area contributed by atoms with Crippen molar-refractivity contribution in [3.63, 3.8) is 0 Å². The maximum atomic E-state index is 12.1. The molecule has 9 nitrogen and oxygen atoms in total. The van der Waals surface area contributed by atoms with Crippen LogP contribution in [0.3, 0.4) is 0 Å². The minimum atomic E-state index is -3.05. The summed E-state index contributed by atoms with van der Waals surface area (Å²) < 4.78 is 33.5. The van der Waals surface area contributed by atoms with Gasteiger partial charge in [0.1, 0.15) is 0 Å². The van der Waals surface area contributed by atoms with Gasteiger partial charge in [-0.25, -0.2) is 8.42 Å². The number of amides is 1. The zero-order valence-corrected chi connectivity index (χ0v) is 14.5. The summed E-state index contributed by atoms with van der Waals surface area (Å²) in [5, 5.41) is 13.6. The van der Waals surface area contributed by atoms with Crippen LogP contribution < -0.4 is 20.1 Å². The van der Waals surface area contributed by atoms with E-state index in [1.807, 2.05) is 6.07 Å². The molecule has 1 amide bonds. The Kier molecular flexibility index (Phi) is 4.11. The van der Waals surface area contributed by atoms with Crippen molar-refractivity contribution in [3.05, 3.63) is 36.0 Å². The number of ether oxygens (including phenoxy) is 2. The third-order valence-corrected chi connectivity index (χ3v) is 5.88. The molecule has 4 rings (SSSR count). The van der Waals surface area contributed by atoms with Crippen molar-refractivity contribution in [1.82, 2.24) is 15.5 Å². The van der Waals surface area contributed by atoms with Gasteiger partial charge in [-0.15, -0.1) is 10.2 Å². The van der Waals surface area contributed by atoms with Crippen LogP contribution in [0.2, 0.25) is 0 Å². The van der Waals surface area contributed by atoms with Gasteiger partial charge in [0.2, 0.25) is 6.79 Å². The summed E-state index contributed by atoms with van der Waals surface area (Å²) in [6.45, 7) is 0.199. The van der Waals surface area contributed by atoms with Crippen LogP contribution in [0.1, 0.15) is 16.9 Å². The number of benzene rings is 1. The highest BCUT2D eigenvalue weighted by molar-refractivity contribution is 7.91. The van der Waals surface area contributed by atoms with E-state index in [1.165, 1.54) is 6.07 Å². The number of nitrogens with zero attached hydrogens (tertiary/aromatic N) is 2. The largest absolute Gasteiger partial charge is 0.454 e. The number of rotatable bonds is 4. The highest BCUT2D eigenvalue weighted by Gasteiger charge is 2.29. The normalized spacial score (nSPS) is 19.9. The molecule has 0 saturated carbocycles. The highest BCUT2D eigenvalue weighted by Crippen LogP contribution is 2.34. The molecule has 10 heteroatoms. The van der Waals surface area contributed by atoms with Gasteiger partial charge in [0.05, 0.1) is 11.5 Å². The number of nitrogens with one attached hydrogen (secondary N) is 2. The number of aromatic nitrogens is 2. The van der Waals surface area contributed by atoms with Crippen LogP contribution in [0, 0.1) is 0 Å². The monoisotopic (exact) mass is 376 g/mol. The zero-order valence-electron chi connectivity index (χ0n) is 13.6. The quantitative estimate of drug-likeness (QED) is 0.806. The van der Waals surface area contributed by atoms with E-state index in [4.69, 9.17) is 9.47 Å². The van der Waals surface area contributed by atoms with Crippen molar-refractivity contribution < 1.29 is 22.7 Å². The summed E-state index contributed by atoms with van der Waals surface area (Å²) >= 11 is 0. The van der Waals surface area contributed by atoms with E-state index in [-0.39, 0.29) is 30.0 Å². The molecule has 2 N–H and O–H groups in total. The molecule has 0 bridgehead atoms. The Morgan fingerprint density at radius 1 is 1.12 bits per heavy atom. The van der Waals surface area contributed by atoms with E-state index in [2.05, 4.69) is 20.8 Å². The lowest BCUT2D eigenvalue weighted by atomic mass is 10.2. The third-order valence-electron chi connectivity index (χ3n) is 4.11. The van der Waals surface area contributed by atoms with E-state index in [0.717, 1.165) is 5.69 Å². The molecule has 1 fully saturated rings. The van der Waals surface area contributed by atoms with Gasteiger partial charge >= 0.3 is 0 Å². The Hall–Kier alpha value is -2.88. The average molecular weight is 376 g/mol. The van der Waals surface area contributed by atoms with Crippen LogP contribution in [-0.4, -0.2) is 48.9 Å². The Labute approximate surface area is 149 Å².